The van der Waals surface area contributed by atoms with Crippen molar-refractivity contribution in [2.24, 2.45) is 5.92 Å². The number of hydrogen-bond donors (Lipinski definition) is 1. The Morgan fingerprint density at radius 1 is 1.25 bits per heavy atom. The minimum Gasteiger partial charge on any atom is -0.310 e. The topological polar surface area (TPSA) is 71.0 Å². The van der Waals surface area contributed by atoms with Crippen molar-refractivity contribution >= 4 is 33.8 Å². The first-order valence-corrected chi connectivity index (χ1v) is 10.7. The minimum atomic E-state index is 0.0411. The molecule has 2 bridgehead atoms. The van der Waals surface area contributed by atoms with Crippen LogP contribution in [0.3, 0.4) is 0 Å². The second-order valence-corrected chi connectivity index (χ2v) is 9.47. The molecule has 4 aliphatic rings. The third-order valence-corrected chi connectivity index (χ3v) is 7.85. The normalized spacial score (nSPS) is 27.9. The van der Waals surface area contributed by atoms with Gasteiger partial charge in [-0.3, -0.25) is 9.69 Å². The molecular weight excluding hydrogens is 370 g/mol. The van der Waals surface area contributed by atoms with Gasteiger partial charge in [-0.1, -0.05) is 23.5 Å². The van der Waals surface area contributed by atoms with Crippen molar-refractivity contribution in [3.63, 3.8) is 0 Å². The van der Waals surface area contributed by atoms with Crippen LogP contribution in [0.1, 0.15) is 30.7 Å². The number of nitrogens with one attached hydrogen (secondary N) is 1. The van der Waals surface area contributed by atoms with Crippen molar-refractivity contribution < 1.29 is 4.79 Å². The summed E-state index contributed by atoms with van der Waals surface area (Å²) in [4.78, 5) is 19.5. The van der Waals surface area contributed by atoms with Crippen molar-refractivity contribution in [1.29, 1.82) is 0 Å². The molecule has 6 nitrogen and oxygen atoms in total. The first-order chi connectivity index (χ1) is 13.6. The fourth-order valence-corrected chi connectivity index (χ4v) is 6.28. The smallest absolute Gasteiger partial charge is 0.239 e. The Morgan fingerprint density at radius 3 is 2.86 bits per heavy atom. The maximum atomic E-state index is 12.6. The summed E-state index contributed by atoms with van der Waals surface area (Å²) in [6.45, 7) is 2.44. The monoisotopic (exact) mass is 391 g/mol. The Bertz CT molecular complexity index is 1110. The molecule has 3 unspecified atom stereocenters. The molecule has 7 heteroatoms. The molecule has 2 saturated carbocycles. The Hall–Kier alpha value is -2.38. The zero-order valence-corrected chi connectivity index (χ0v) is 16.5. The highest BCUT2D eigenvalue weighted by atomic mass is 32.1. The van der Waals surface area contributed by atoms with Crippen LogP contribution < -0.4 is 5.32 Å². The molecule has 0 radical (unpaired) electrons. The Balaban J connectivity index is 1.21. The van der Waals surface area contributed by atoms with E-state index < -0.39 is 0 Å². The third-order valence-electron chi connectivity index (χ3n) is 6.96. The van der Waals surface area contributed by atoms with E-state index in [-0.39, 0.29) is 5.91 Å². The SMILES string of the molecule is Cc1nnc(-c2ccc3cnc(NC(=O)CN4C5CCC46CCC56)cc3c2)s1. The highest BCUT2D eigenvalue weighted by molar-refractivity contribution is 7.14. The standard InChI is InChI=1S/C21H21N5OS/c1-12-24-25-20(28-12)13-2-3-14-10-22-18(9-15(14)8-13)23-19(27)11-26-17-5-7-21(26)6-4-16(17)21/h2-3,8-10,16-17H,4-7,11H2,1H3,(H,22,23,27). The van der Waals surface area contributed by atoms with Gasteiger partial charge in [0.1, 0.15) is 15.8 Å². The number of hydrogen-bond acceptors (Lipinski definition) is 6. The lowest BCUT2D eigenvalue weighted by Crippen LogP contribution is -2.73. The van der Waals surface area contributed by atoms with Crippen molar-refractivity contribution in [1.82, 2.24) is 20.1 Å². The lowest BCUT2D eigenvalue weighted by molar-refractivity contribution is -0.160. The Kier molecular flexibility index (Phi) is 3.44. The predicted molar refractivity (Wildman–Crippen MR) is 109 cm³/mol. The van der Waals surface area contributed by atoms with Crippen LogP contribution in [0.4, 0.5) is 5.82 Å². The Labute approximate surface area is 167 Å². The molecule has 3 atom stereocenters. The molecule has 2 aromatic heterocycles. The van der Waals surface area contributed by atoms with Gasteiger partial charge in [-0.25, -0.2) is 4.98 Å². The fraction of sp³-hybridized carbons (Fsp3) is 0.429. The maximum Gasteiger partial charge on any atom is 0.239 e. The molecule has 1 spiro atoms. The summed E-state index contributed by atoms with van der Waals surface area (Å²) >= 11 is 1.58. The van der Waals surface area contributed by atoms with Crippen molar-refractivity contribution in [3.8, 4) is 10.6 Å². The number of aryl methyl sites for hydroxylation is 1. The predicted octanol–water partition coefficient (Wildman–Crippen LogP) is 3.63. The van der Waals surface area contributed by atoms with Crippen LogP contribution in [0, 0.1) is 12.8 Å². The van der Waals surface area contributed by atoms with Gasteiger partial charge in [0.05, 0.1) is 6.54 Å². The molecule has 7 rings (SSSR count). The number of rotatable bonds is 4. The number of amides is 1. The van der Waals surface area contributed by atoms with Crippen LogP contribution in [0.15, 0.2) is 30.5 Å². The Morgan fingerprint density at radius 2 is 2.14 bits per heavy atom. The van der Waals surface area contributed by atoms with Gasteiger partial charge in [-0.05, 0) is 56.0 Å². The number of carbonyl (C=O) groups excluding carboxylic acids is 1. The van der Waals surface area contributed by atoms with E-state index in [1.165, 1.54) is 25.7 Å². The summed E-state index contributed by atoms with van der Waals surface area (Å²) in [5, 5.41) is 15.3. The van der Waals surface area contributed by atoms with Crippen LogP contribution in [-0.4, -0.2) is 44.1 Å². The van der Waals surface area contributed by atoms with Crippen LogP contribution in [0.25, 0.3) is 21.3 Å². The average Bonchev–Trinajstić information content (AvgIpc) is 3.33. The summed E-state index contributed by atoms with van der Waals surface area (Å²) in [7, 11) is 0. The zero-order chi connectivity index (χ0) is 18.9. The van der Waals surface area contributed by atoms with E-state index in [2.05, 4.69) is 31.5 Å². The number of nitrogens with zero attached hydrogens (tertiary/aromatic N) is 4. The largest absolute Gasteiger partial charge is 0.310 e. The number of aromatic nitrogens is 3. The third kappa shape index (κ3) is 2.29. The summed E-state index contributed by atoms with van der Waals surface area (Å²) < 4.78 is 0. The van der Waals surface area contributed by atoms with Crippen LogP contribution in [0.2, 0.25) is 0 Å². The van der Waals surface area contributed by atoms with Gasteiger partial charge in [0.2, 0.25) is 5.91 Å². The average molecular weight is 392 g/mol. The first-order valence-electron chi connectivity index (χ1n) is 9.89. The van der Waals surface area contributed by atoms with Crippen molar-refractivity contribution in [2.75, 3.05) is 11.9 Å². The number of pyridine rings is 1. The molecule has 2 aliphatic heterocycles. The first kappa shape index (κ1) is 16.6. The van der Waals surface area contributed by atoms with E-state index in [4.69, 9.17) is 0 Å². The quantitative estimate of drug-likeness (QED) is 0.735. The highest BCUT2D eigenvalue weighted by Gasteiger charge is 2.69. The van der Waals surface area contributed by atoms with Gasteiger partial charge in [-0.15, -0.1) is 10.2 Å². The van der Waals surface area contributed by atoms with Gasteiger partial charge in [-0.2, -0.15) is 0 Å². The summed E-state index contributed by atoms with van der Waals surface area (Å²) in [6, 6.07) is 8.74. The lowest BCUT2D eigenvalue weighted by atomic mass is 9.60. The molecule has 1 amide bonds. The minimum absolute atomic E-state index is 0.0411. The molecule has 28 heavy (non-hydrogen) atoms. The molecule has 1 N–H and O–H groups in total. The lowest BCUT2D eigenvalue weighted by Gasteiger charge is -2.65. The number of fused-ring (bicyclic) bond motifs is 2. The second-order valence-electron chi connectivity index (χ2n) is 8.29. The summed E-state index contributed by atoms with van der Waals surface area (Å²) in [5.41, 5.74) is 1.40. The van der Waals surface area contributed by atoms with Crippen LogP contribution in [-0.2, 0) is 4.79 Å². The van der Waals surface area contributed by atoms with Gasteiger partial charge >= 0.3 is 0 Å². The summed E-state index contributed by atoms with van der Waals surface area (Å²) in [6.07, 6.45) is 6.97. The fourth-order valence-electron chi connectivity index (χ4n) is 5.59. The number of anilines is 1. The van der Waals surface area contributed by atoms with Gasteiger partial charge in [0, 0.05) is 28.7 Å². The van der Waals surface area contributed by atoms with Gasteiger partial charge in [0.25, 0.3) is 0 Å². The van der Waals surface area contributed by atoms with E-state index >= 15 is 0 Å². The zero-order valence-electron chi connectivity index (χ0n) is 15.7. The van der Waals surface area contributed by atoms with E-state index in [1.54, 1.807) is 11.3 Å². The second kappa shape index (κ2) is 5.81. The summed E-state index contributed by atoms with van der Waals surface area (Å²) in [5.74, 6) is 1.51. The van der Waals surface area contributed by atoms with Gasteiger partial charge < -0.3 is 5.32 Å². The van der Waals surface area contributed by atoms with Crippen LogP contribution >= 0.6 is 11.3 Å². The van der Waals surface area contributed by atoms with E-state index in [0.717, 1.165) is 32.3 Å². The van der Waals surface area contributed by atoms with Gasteiger partial charge in [0.15, 0.2) is 0 Å². The van der Waals surface area contributed by atoms with Crippen molar-refractivity contribution in [2.45, 2.75) is 44.2 Å². The molecule has 4 heterocycles. The van der Waals surface area contributed by atoms with Crippen LogP contribution in [0.5, 0.6) is 0 Å². The molecular formula is C21H21N5OS. The van der Waals surface area contributed by atoms with E-state index in [0.29, 0.717) is 23.9 Å². The molecule has 1 aromatic carbocycles. The maximum absolute atomic E-state index is 12.6. The van der Waals surface area contributed by atoms with Crippen molar-refractivity contribution in [3.05, 3.63) is 35.5 Å². The van der Waals surface area contributed by atoms with E-state index in [9.17, 15) is 4.79 Å². The number of piperidine rings is 1. The number of benzene rings is 1. The number of carbonyl (C=O) groups is 1. The van der Waals surface area contributed by atoms with E-state index in [1.807, 2.05) is 31.3 Å². The molecule has 2 aliphatic carbocycles. The molecule has 142 valence electrons. The highest BCUT2D eigenvalue weighted by Crippen LogP contribution is 2.65. The molecule has 2 saturated heterocycles. The molecule has 4 fully saturated rings. The molecule has 3 aromatic rings.